The van der Waals surface area contributed by atoms with Crippen molar-refractivity contribution in [1.29, 1.82) is 0 Å². The molecule has 0 bridgehead atoms. The van der Waals surface area contributed by atoms with E-state index in [4.69, 9.17) is 9.47 Å². The van der Waals surface area contributed by atoms with Crippen LogP contribution in [0.15, 0.2) is 54.6 Å². The Morgan fingerprint density at radius 3 is 2.29 bits per heavy atom. The van der Waals surface area contributed by atoms with E-state index < -0.39 is 0 Å². The molecule has 5 nitrogen and oxygen atoms in total. The first kappa shape index (κ1) is 21.5. The van der Waals surface area contributed by atoms with Gasteiger partial charge >= 0.3 is 5.97 Å². The van der Waals surface area contributed by atoms with Crippen molar-refractivity contribution < 1.29 is 19.1 Å². The molecule has 0 fully saturated rings. The van der Waals surface area contributed by atoms with Crippen LogP contribution in [0.3, 0.4) is 0 Å². The normalized spacial score (nSPS) is 11.7. The van der Waals surface area contributed by atoms with Gasteiger partial charge in [-0.3, -0.25) is 9.59 Å². The van der Waals surface area contributed by atoms with E-state index in [1.807, 2.05) is 54.6 Å². The van der Waals surface area contributed by atoms with E-state index in [9.17, 15) is 9.59 Å². The number of esters is 1. The van der Waals surface area contributed by atoms with Crippen LogP contribution >= 0.6 is 0 Å². The number of nitrogens with one attached hydrogen (secondary N) is 1. The number of ether oxygens (including phenoxy) is 2. The molecule has 1 atom stereocenters. The van der Waals surface area contributed by atoms with Gasteiger partial charge in [0.05, 0.1) is 13.2 Å². The van der Waals surface area contributed by atoms with Crippen LogP contribution in [-0.2, 0) is 20.7 Å². The van der Waals surface area contributed by atoms with Gasteiger partial charge in [-0.2, -0.15) is 0 Å². The number of hydrogen-bond acceptors (Lipinski definition) is 4. The number of amides is 1. The molecule has 0 saturated carbocycles. The Kier molecular flexibility index (Phi) is 8.53. The van der Waals surface area contributed by atoms with Gasteiger partial charge < -0.3 is 14.8 Å². The third-order valence-corrected chi connectivity index (χ3v) is 4.39. The first-order chi connectivity index (χ1) is 13.5. The largest absolute Gasteiger partial charge is 0.497 e. The molecule has 150 valence electrons. The Balaban J connectivity index is 1.78. The highest BCUT2D eigenvalue weighted by Gasteiger charge is 2.17. The Bertz CT molecular complexity index is 741. The Hall–Kier alpha value is -2.82. The van der Waals surface area contributed by atoms with Crippen molar-refractivity contribution in [2.75, 3.05) is 13.7 Å². The van der Waals surface area contributed by atoms with Crippen molar-refractivity contribution >= 4 is 11.9 Å². The highest BCUT2D eigenvalue weighted by molar-refractivity contribution is 5.80. The summed E-state index contributed by atoms with van der Waals surface area (Å²) >= 11 is 0. The number of carbonyl (C=O) groups is 2. The first-order valence-electron chi connectivity index (χ1n) is 9.60. The zero-order valence-electron chi connectivity index (χ0n) is 16.8. The van der Waals surface area contributed by atoms with Gasteiger partial charge in [0.1, 0.15) is 5.75 Å². The molecule has 1 amide bonds. The summed E-state index contributed by atoms with van der Waals surface area (Å²) in [6.07, 6.45) is 1.61. The van der Waals surface area contributed by atoms with E-state index >= 15 is 0 Å². The molecule has 1 unspecified atom stereocenters. The molecule has 28 heavy (non-hydrogen) atoms. The lowest BCUT2D eigenvalue weighted by molar-refractivity contribution is -0.148. The predicted octanol–water partition coefficient (Wildman–Crippen LogP) is 4.07. The Labute approximate surface area is 167 Å². The Morgan fingerprint density at radius 2 is 1.68 bits per heavy atom. The fourth-order valence-corrected chi connectivity index (χ4v) is 2.93. The Morgan fingerprint density at radius 1 is 1.00 bits per heavy atom. The molecule has 0 spiro atoms. The summed E-state index contributed by atoms with van der Waals surface area (Å²) in [7, 11) is 1.61. The summed E-state index contributed by atoms with van der Waals surface area (Å²) in [6, 6.07) is 17.3. The van der Waals surface area contributed by atoms with Crippen molar-refractivity contribution in [3.8, 4) is 5.75 Å². The number of methoxy groups -OCH3 is 1. The van der Waals surface area contributed by atoms with Crippen molar-refractivity contribution in [3.63, 3.8) is 0 Å². The lowest BCUT2D eigenvalue weighted by Gasteiger charge is -2.21. The molecular formula is C23H29NO4. The van der Waals surface area contributed by atoms with Gasteiger partial charge in [0.25, 0.3) is 5.91 Å². The topological polar surface area (TPSA) is 64.6 Å². The smallest absolute Gasteiger partial charge is 0.306 e. The van der Waals surface area contributed by atoms with E-state index in [-0.39, 0.29) is 30.9 Å². The second-order valence-electron chi connectivity index (χ2n) is 7.17. The molecule has 0 aliphatic heterocycles. The summed E-state index contributed by atoms with van der Waals surface area (Å²) in [4.78, 5) is 24.2. The average Bonchev–Trinajstić information content (AvgIpc) is 2.71. The molecule has 0 aromatic heterocycles. The van der Waals surface area contributed by atoms with Crippen LogP contribution in [0, 0.1) is 5.92 Å². The number of benzene rings is 2. The molecule has 0 aliphatic carbocycles. The average molecular weight is 383 g/mol. The van der Waals surface area contributed by atoms with Gasteiger partial charge in [-0.25, -0.2) is 0 Å². The number of aryl methyl sites for hydroxylation is 1. The predicted molar refractivity (Wildman–Crippen MR) is 109 cm³/mol. The molecule has 0 radical (unpaired) electrons. The van der Waals surface area contributed by atoms with Crippen LogP contribution < -0.4 is 10.1 Å². The van der Waals surface area contributed by atoms with Gasteiger partial charge in [0, 0.05) is 6.42 Å². The maximum Gasteiger partial charge on any atom is 0.306 e. The number of carbonyl (C=O) groups excluding carboxylic acids is 2. The zero-order chi connectivity index (χ0) is 20.4. The van der Waals surface area contributed by atoms with Gasteiger partial charge in [0.2, 0.25) is 0 Å². The van der Waals surface area contributed by atoms with E-state index in [1.165, 1.54) is 0 Å². The third-order valence-electron chi connectivity index (χ3n) is 4.39. The number of hydrogen-bond donors (Lipinski definition) is 1. The molecular weight excluding hydrogens is 354 g/mol. The van der Waals surface area contributed by atoms with E-state index in [0.29, 0.717) is 12.3 Å². The lowest BCUT2D eigenvalue weighted by atomic mass is 9.97. The molecule has 2 rings (SSSR count). The monoisotopic (exact) mass is 383 g/mol. The van der Waals surface area contributed by atoms with Crippen molar-refractivity contribution in [3.05, 3.63) is 65.7 Å². The van der Waals surface area contributed by atoms with Crippen LogP contribution in [0.5, 0.6) is 5.75 Å². The van der Waals surface area contributed by atoms with Gasteiger partial charge in [0.15, 0.2) is 6.61 Å². The second kappa shape index (κ2) is 11.1. The van der Waals surface area contributed by atoms with Crippen molar-refractivity contribution in [1.82, 2.24) is 5.32 Å². The number of rotatable bonds is 10. The highest BCUT2D eigenvalue weighted by Crippen LogP contribution is 2.21. The fourth-order valence-electron chi connectivity index (χ4n) is 2.93. The van der Waals surface area contributed by atoms with Crippen LogP contribution in [0.4, 0.5) is 0 Å². The fraction of sp³-hybridized carbons (Fsp3) is 0.391. The van der Waals surface area contributed by atoms with E-state index in [0.717, 1.165) is 23.3 Å². The van der Waals surface area contributed by atoms with Gasteiger partial charge in [-0.05, 0) is 42.0 Å². The molecule has 0 aliphatic rings. The minimum Gasteiger partial charge on any atom is -0.497 e. The highest BCUT2D eigenvalue weighted by atomic mass is 16.5. The quantitative estimate of drug-likeness (QED) is 0.628. The molecule has 5 heteroatoms. The van der Waals surface area contributed by atoms with E-state index in [1.54, 1.807) is 7.11 Å². The SMILES string of the molecule is COc1ccc(CCC(=O)OCC(=O)NC(CC(C)C)c2ccccc2)cc1. The standard InChI is InChI=1S/C23H29NO4/c1-17(2)15-21(19-7-5-4-6-8-19)24-22(25)16-28-23(26)14-11-18-9-12-20(27-3)13-10-18/h4-10,12-13,17,21H,11,14-16H2,1-3H3,(H,24,25). The van der Waals surface area contributed by atoms with Crippen LogP contribution in [0.2, 0.25) is 0 Å². The summed E-state index contributed by atoms with van der Waals surface area (Å²) < 4.78 is 10.2. The minimum absolute atomic E-state index is 0.0910. The summed E-state index contributed by atoms with van der Waals surface area (Å²) in [6.45, 7) is 3.96. The minimum atomic E-state index is -0.383. The second-order valence-corrected chi connectivity index (χ2v) is 7.17. The van der Waals surface area contributed by atoms with Crippen LogP contribution in [-0.4, -0.2) is 25.6 Å². The maximum absolute atomic E-state index is 12.3. The molecule has 2 aromatic rings. The van der Waals surface area contributed by atoms with Crippen LogP contribution in [0.1, 0.15) is 43.9 Å². The molecule has 0 saturated heterocycles. The molecule has 0 heterocycles. The van der Waals surface area contributed by atoms with Crippen LogP contribution in [0.25, 0.3) is 0 Å². The zero-order valence-corrected chi connectivity index (χ0v) is 16.8. The summed E-state index contributed by atoms with van der Waals surface area (Å²) in [5, 5.41) is 2.98. The molecule has 1 N–H and O–H groups in total. The molecule has 2 aromatic carbocycles. The van der Waals surface area contributed by atoms with Gasteiger partial charge in [-0.1, -0.05) is 56.3 Å². The van der Waals surface area contributed by atoms with Crippen molar-refractivity contribution in [2.45, 2.75) is 39.2 Å². The summed E-state index contributed by atoms with van der Waals surface area (Å²) in [5.41, 5.74) is 2.07. The maximum atomic E-state index is 12.3. The van der Waals surface area contributed by atoms with Gasteiger partial charge in [-0.15, -0.1) is 0 Å². The summed E-state index contributed by atoms with van der Waals surface area (Å²) in [5.74, 6) is 0.535. The lowest BCUT2D eigenvalue weighted by Crippen LogP contribution is -2.33. The first-order valence-corrected chi connectivity index (χ1v) is 9.60. The third kappa shape index (κ3) is 7.43. The van der Waals surface area contributed by atoms with Crippen molar-refractivity contribution in [2.24, 2.45) is 5.92 Å². The van der Waals surface area contributed by atoms with E-state index in [2.05, 4.69) is 19.2 Å².